The Morgan fingerprint density at radius 1 is 1.14 bits per heavy atom. The normalized spacial score (nSPS) is 17.7. The number of likely N-dealkylation sites (tertiary alicyclic amines) is 1. The Labute approximate surface area is 129 Å². The molecule has 0 saturated carbocycles. The van der Waals surface area contributed by atoms with E-state index in [1.807, 2.05) is 4.90 Å². The zero-order valence-corrected chi connectivity index (χ0v) is 12.3. The van der Waals surface area contributed by atoms with Crippen LogP contribution >= 0.6 is 0 Å². The van der Waals surface area contributed by atoms with Gasteiger partial charge in [0.1, 0.15) is 0 Å². The number of aromatic nitrogens is 1. The highest BCUT2D eigenvalue weighted by atomic mass is 16.2. The number of hydrogen-bond acceptors (Lipinski definition) is 3. The van der Waals surface area contributed by atoms with Gasteiger partial charge in [-0.05, 0) is 31.0 Å². The van der Waals surface area contributed by atoms with Crippen LogP contribution in [0.1, 0.15) is 39.1 Å². The number of nitrogens with zero attached hydrogens (tertiary/aromatic N) is 1. The van der Waals surface area contributed by atoms with Crippen molar-refractivity contribution in [3.63, 3.8) is 0 Å². The lowest BCUT2D eigenvalue weighted by atomic mass is 10.0. The lowest BCUT2D eigenvalue weighted by Crippen LogP contribution is -2.39. The minimum absolute atomic E-state index is 0.00593. The third kappa shape index (κ3) is 2.67. The molecule has 0 aliphatic carbocycles. The molecule has 1 fully saturated rings. The molecule has 1 aliphatic heterocycles. The Balaban J connectivity index is 1.77. The molecule has 3 N–H and O–H groups in total. The molecule has 1 unspecified atom stereocenters. The predicted octanol–water partition coefficient (Wildman–Crippen LogP) is 1.81. The van der Waals surface area contributed by atoms with E-state index in [0.717, 1.165) is 19.4 Å². The van der Waals surface area contributed by atoms with Crippen LogP contribution in [0.15, 0.2) is 42.7 Å². The number of benzene rings is 1. The van der Waals surface area contributed by atoms with Crippen molar-refractivity contribution in [3.8, 4) is 0 Å². The third-order valence-corrected chi connectivity index (χ3v) is 4.16. The standard InChI is InChI=1S/C17H19N3O2/c18-10-15-2-1-9-20(15)17(22)13-5-3-12(4-6-13)16(21)14-7-8-19-11-14/h3-8,11,15,19H,1-2,9-10,18H2. The van der Waals surface area contributed by atoms with Gasteiger partial charge in [-0.2, -0.15) is 0 Å². The minimum Gasteiger partial charge on any atom is -0.367 e. The summed E-state index contributed by atoms with van der Waals surface area (Å²) in [6, 6.07) is 8.71. The molecule has 22 heavy (non-hydrogen) atoms. The van der Waals surface area contributed by atoms with Crippen molar-refractivity contribution in [2.45, 2.75) is 18.9 Å². The fourth-order valence-electron chi connectivity index (χ4n) is 2.91. The summed E-state index contributed by atoms with van der Waals surface area (Å²) in [6.45, 7) is 1.25. The SMILES string of the molecule is NCC1CCCN1C(=O)c1ccc(C(=O)c2cc[nH]c2)cc1. The number of aromatic amines is 1. The Kier molecular flexibility index (Phi) is 4.06. The summed E-state index contributed by atoms with van der Waals surface area (Å²) in [4.78, 5) is 29.4. The molecule has 1 amide bonds. The van der Waals surface area contributed by atoms with E-state index in [-0.39, 0.29) is 17.7 Å². The van der Waals surface area contributed by atoms with Crippen LogP contribution in [0.5, 0.6) is 0 Å². The highest BCUT2D eigenvalue weighted by Gasteiger charge is 2.28. The summed E-state index contributed by atoms with van der Waals surface area (Å²) in [5, 5.41) is 0. The van der Waals surface area contributed by atoms with Crippen LogP contribution < -0.4 is 5.73 Å². The molecule has 2 heterocycles. The second kappa shape index (κ2) is 6.15. The van der Waals surface area contributed by atoms with Crippen molar-refractivity contribution in [3.05, 3.63) is 59.4 Å². The van der Waals surface area contributed by atoms with Gasteiger partial charge in [0, 0.05) is 48.2 Å². The molecule has 114 valence electrons. The number of nitrogens with two attached hydrogens (primary N) is 1. The predicted molar refractivity (Wildman–Crippen MR) is 83.8 cm³/mol. The van der Waals surface area contributed by atoms with Gasteiger partial charge in [-0.15, -0.1) is 0 Å². The molecule has 0 spiro atoms. The summed E-state index contributed by atoms with van der Waals surface area (Å²) in [6.07, 6.45) is 5.34. The highest BCUT2D eigenvalue weighted by Crippen LogP contribution is 2.20. The summed E-state index contributed by atoms with van der Waals surface area (Å²) in [5.74, 6) is -0.0603. The molecule has 3 rings (SSSR count). The average molecular weight is 297 g/mol. The summed E-state index contributed by atoms with van der Waals surface area (Å²) in [5.41, 5.74) is 7.51. The number of hydrogen-bond donors (Lipinski definition) is 2. The molecule has 1 aromatic heterocycles. The minimum atomic E-state index is -0.0544. The number of ketones is 1. The Hall–Kier alpha value is -2.40. The fraction of sp³-hybridized carbons (Fsp3) is 0.294. The third-order valence-electron chi connectivity index (χ3n) is 4.16. The van der Waals surface area contributed by atoms with Crippen molar-refractivity contribution in [1.82, 2.24) is 9.88 Å². The van der Waals surface area contributed by atoms with Crippen molar-refractivity contribution < 1.29 is 9.59 Å². The van der Waals surface area contributed by atoms with Crippen molar-refractivity contribution in [2.24, 2.45) is 5.73 Å². The molecular formula is C17H19N3O2. The van der Waals surface area contributed by atoms with Gasteiger partial charge in [-0.3, -0.25) is 9.59 Å². The summed E-state index contributed by atoms with van der Waals surface area (Å²) < 4.78 is 0. The molecule has 0 radical (unpaired) electrons. The molecular weight excluding hydrogens is 278 g/mol. The molecule has 0 bridgehead atoms. The van der Waals surface area contributed by atoms with Crippen LogP contribution in [0.3, 0.4) is 0 Å². The molecule has 2 aromatic rings. The molecule has 1 aromatic carbocycles. The van der Waals surface area contributed by atoms with Crippen molar-refractivity contribution in [2.75, 3.05) is 13.1 Å². The second-order valence-corrected chi connectivity index (χ2v) is 5.54. The number of H-pyrrole nitrogens is 1. The maximum absolute atomic E-state index is 12.5. The van der Waals surface area contributed by atoms with E-state index in [4.69, 9.17) is 5.73 Å². The van der Waals surface area contributed by atoms with Gasteiger partial charge in [0.25, 0.3) is 5.91 Å². The quantitative estimate of drug-likeness (QED) is 0.845. The Morgan fingerprint density at radius 3 is 2.50 bits per heavy atom. The molecule has 5 heteroatoms. The van der Waals surface area contributed by atoms with E-state index < -0.39 is 0 Å². The molecule has 1 aliphatic rings. The first-order valence-corrected chi connectivity index (χ1v) is 7.49. The van der Waals surface area contributed by atoms with Gasteiger partial charge in [-0.25, -0.2) is 0 Å². The molecule has 5 nitrogen and oxygen atoms in total. The number of carbonyl (C=O) groups excluding carboxylic acids is 2. The number of rotatable bonds is 4. The van der Waals surface area contributed by atoms with E-state index in [2.05, 4.69) is 4.98 Å². The maximum atomic E-state index is 12.5. The monoisotopic (exact) mass is 297 g/mol. The van der Waals surface area contributed by atoms with Gasteiger partial charge in [0.05, 0.1) is 0 Å². The summed E-state index contributed by atoms with van der Waals surface area (Å²) >= 11 is 0. The highest BCUT2D eigenvalue weighted by molar-refractivity contribution is 6.09. The maximum Gasteiger partial charge on any atom is 0.254 e. The Morgan fingerprint density at radius 2 is 1.86 bits per heavy atom. The Bertz CT molecular complexity index is 662. The van der Waals surface area contributed by atoms with Crippen LogP contribution in [0, 0.1) is 0 Å². The number of carbonyl (C=O) groups is 2. The zero-order valence-electron chi connectivity index (χ0n) is 12.3. The zero-order chi connectivity index (χ0) is 15.5. The fourth-order valence-corrected chi connectivity index (χ4v) is 2.91. The molecule has 1 saturated heterocycles. The van der Waals surface area contributed by atoms with Crippen LogP contribution in [0.4, 0.5) is 0 Å². The number of nitrogens with one attached hydrogen (secondary N) is 1. The first kappa shape index (κ1) is 14.5. The second-order valence-electron chi connectivity index (χ2n) is 5.54. The van der Waals surface area contributed by atoms with Crippen molar-refractivity contribution >= 4 is 11.7 Å². The van der Waals surface area contributed by atoms with E-state index in [0.29, 0.717) is 23.2 Å². The topological polar surface area (TPSA) is 79.2 Å². The van der Waals surface area contributed by atoms with Crippen LogP contribution in [-0.4, -0.2) is 40.7 Å². The van der Waals surface area contributed by atoms with Gasteiger partial charge >= 0.3 is 0 Å². The van der Waals surface area contributed by atoms with Gasteiger partial charge in [-0.1, -0.05) is 12.1 Å². The van der Waals surface area contributed by atoms with Gasteiger partial charge < -0.3 is 15.6 Å². The first-order valence-electron chi connectivity index (χ1n) is 7.49. The molecule has 1 atom stereocenters. The lowest BCUT2D eigenvalue weighted by Gasteiger charge is -2.23. The van der Waals surface area contributed by atoms with E-state index in [9.17, 15) is 9.59 Å². The van der Waals surface area contributed by atoms with E-state index >= 15 is 0 Å². The van der Waals surface area contributed by atoms with Gasteiger partial charge in [0.2, 0.25) is 0 Å². The van der Waals surface area contributed by atoms with Crippen LogP contribution in [-0.2, 0) is 0 Å². The van der Waals surface area contributed by atoms with E-state index in [1.165, 1.54) is 0 Å². The lowest BCUT2D eigenvalue weighted by molar-refractivity contribution is 0.0741. The first-order chi connectivity index (χ1) is 10.7. The number of amides is 1. The largest absolute Gasteiger partial charge is 0.367 e. The van der Waals surface area contributed by atoms with Crippen molar-refractivity contribution in [1.29, 1.82) is 0 Å². The van der Waals surface area contributed by atoms with Gasteiger partial charge in [0.15, 0.2) is 5.78 Å². The smallest absolute Gasteiger partial charge is 0.254 e. The average Bonchev–Trinajstić information content (AvgIpc) is 3.24. The summed E-state index contributed by atoms with van der Waals surface area (Å²) in [7, 11) is 0. The van der Waals surface area contributed by atoms with Crippen LogP contribution in [0.25, 0.3) is 0 Å². The van der Waals surface area contributed by atoms with Crippen LogP contribution in [0.2, 0.25) is 0 Å². The van der Waals surface area contributed by atoms with E-state index in [1.54, 1.807) is 42.7 Å².